The monoisotopic (exact) mass is 285 g/mol. The lowest BCUT2D eigenvalue weighted by molar-refractivity contribution is 0.205. The fourth-order valence-corrected chi connectivity index (χ4v) is 1.50. The molecule has 0 aliphatic heterocycles. The van der Waals surface area contributed by atoms with Crippen molar-refractivity contribution in [2.75, 3.05) is 38.3 Å². The molecule has 1 aromatic heterocycles. The molecule has 104 valence electrons. The number of nitriles is 1. The number of ether oxygens (including phenoxy) is 2. The van der Waals surface area contributed by atoms with Crippen LogP contribution in [-0.2, 0) is 4.74 Å². The van der Waals surface area contributed by atoms with E-state index in [0.29, 0.717) is 38.7 Å². The second kappa shape index (κ2) is 8.45. The van der Waals surface area contributed by atoms with Crippen LogP contribution in [0.15, 0.2) is 0 Å². The van der Waals surface area contributed by atoms with Crippen LogP contribution >= 0.6 is 11.6 Å². The molecule has 0 fully saturated rings. The zero-order valence-corrected chi connectivity index (χ0v) is 11.7. The maximum atomic E-state index is 8.67. The van der Waals surface area contributed by atoms with E-state index in [4.69, 9.17) is 26.3 Å². The number of hydrogen-bond acceptors (Lipinski definition) is 7. The second-order valence-corrected chi connectivity index (χ2v) is 3.85. The maximum Gasteiger partial charge on any atom is 0.322 e. The molecule has 0 amide bonds. The van der Waals surface area contributed by atoms with Crippen LogP contribution < -0.4 is 9.64 Å². The summed E-state index contributed by atoms with van der Waals surface area (Å²) in [5, 5.41) is 8.73. The Morgan fingerprint density at radius 2 is 2.11 bits per heavy atom. The smallest absolute Gasteiger partial charge is 0.322 e. The number of methoxy groups -OCH3 is 1. The molecule has 0 radical (unpaired) electrons. The lowest BCUT2D eigenvalue weighted by Crippen LogP contribution is -2.30. The van der Waals surface area contributed by atoms with E-state index in [2.05, 4.69) is 21.0 Å². The van der Waals surface area contributed by atoms with Gasteiger partial charge in [0.05, 0.1) is 25.7 Å². The summed E-state index contributed by atoms with van der Waals surface area (Å²) in [4.78, 5) is 13.9. The van der Waals surface area contributed by atoms with Crippen molar-refractivity contribution in [1.29, 1.82) is 5.26 Å². The normalized spacial score (nSPS) is 10.0. The van der Waals surface area contributed by atoms with E-state index >= 15 is 0 Å². The molecule has 0 saturated carbocycles. The van der Waals surface area contributed by atoms with Crippen LogP contribution in [0.2, 0.25) is 5.28 Å². The zero-order valence-electron chi connectivity index (χ0n) is 11.0. The Balaban J connectivity index is 2.89. The zero-order chi connectivity index (χ0) is 14.1. The summed E-state index contributed by atoms with van der Waals surface area (Å²) in [6, 6.07) is 2.26. The third kappa shape index (κ3) is 5.24. The standard InChI is InChI=1S/C11H16ClN5O2/c1-3-19-11-15-9(12)14-10(16-11)17(6-4-5-13)7-8-18-2/h3-4,6-8H2,1-2H3. The molecule has 0 aliphatic carbocycles. The Morgan fingerprint density at radius 3 is 2.74 bits per heavy atom. The van der Waals surface area contributed by atoms with Gasteiger partial charge in [0.25, 0.3) is 0 Å². The Labute approximate surface area is 117 Å². The number of nitrogens with zero attached hydrogens (tertiary/aromatic N) is 5. The maximum absolute atomic E-state index is 8.67. The van der Waals surface area contributed by atoms with E-state index in [1.54, 1.807) is 7.11 Å². The van der Waals surface area contributed by atoms with E-state index in [0.717, 1.165) is 0 Å². The van der Waals surface area contributed by atoms with Crippen molar-refractivity contribution >= 4 is 17.5 Å². The third-order valence-corrected chi connectivity index (χ3v) is 2.36. The van der Waals surface area contributed by atoms with Gasteiger partial charge >= 0.3 is 6.01 Å². The molecule has 0 spiro atoms. The van der Waals surface area contributed by atoms with E-state index in [-0.39, 0.29) is 11.3 Å². The quantitative estimate of drug-likeness (QED) is 0.711. The van der Waals surface area contributed by atoms with Gasteiger partial charge in [0.15, 0.2) is 0 Å². The lowest BCUT2D eigenvalue weighted by atomic mass is 10.4. The largest absolute Gasteiger partial charge is 0.464 e. The van der Waals surface area contributed by atoms with Crippen molar-refractivity contribution in [3.05, 3.63) is 5.28 Å². The molecule has 0 aromatic carbocycles. The SMILES string of the molecule is CCOc1nc(Cl)nc(N(CCC#N)CCOC)n1. The molecule has 0 unspecified atom stereocenters. The summed E-state index contributed by atoms with van der Waals surface area (Å²) in [6.07, 6.45) is 0.358. The highest BCUT2D eigenvalue weighted by Crippen LogP contribution is 2.15. The highest BCUT2D eigenvalue weighted by atomic mass is 35.5. The van der Waals surface area contributed by atoms with Crippen LogP contribution in [-0.4, -0.2) is 48.4 Å². The summed E-state index contributed by atoms with van der Waals surface area (Å²) in [5.74, 6) is 0.385. The van der Waals surface area contributed by atoms with Crippen LogP contribution in [0.4, 0.5) is 5.95 Å². The van der Waals surface area contributed by atoms with Crippen molar-refractivity contribution < 1.29 is 9.47 Å². The van der Waals surface area contributed by atoms with Gasteiger partial charge in [-0.05, 0) is 18.5 Å². The first-order chi connectivity index (χ1) is 9.21. The van der Waals surface area contributed by atoms with Crippen LogP contribution in [0.5, 0.6) is 6.01 Å². The summed E-state index contributed by atoms with van der Waals surface area (Å²) < 4.78 is 10.2. The summed E-state index contributed by atoms with van der Waals surface area (Å²) >= 11 is 5.83. The molecule has 0 atom stereocenters. The highest BCUT2D eigenvalue weighted by molar-refractivity contribution is 6.28. The van der Waals surface area contributed by atoms with Gasteiger partial charge in [0.1, 0.15) is 0 Å². The Morgan fingerprint density at radius 1 is 1.32 bits per heavy atom. The summed E-state index contributed by atoms with van der Waals surface area (Å²) in [7, 11) is 1.61. The van der Waals surface area contributed by atoms with Crippen LogP contribution in [0.25, 0.3) is 0 Å². The van der Waals surface area contributed by atoms with E-state index in [1.165, 1.54) is 0 Å². The predicted molar refractivity (Wildman–Crippen MR) is 70.3 cm³/mol. The molecule has 7 nitrogen and oxygen atoms in total. The fraction of sp³-hybridized carbons (Fsp3) is 0.636. The molecule has 0 bridgehead atoms. The minimum Gasteiger partial charge on any atom is -0.464 e. The first kappa shape index (κ1) is 15.4. The summed E-state index contributed by atoms with van der Waals surface area (Å²) in [6.45, 7) is 3.82. The van der Waals surface area contributed by atoms with Crippen molar-refractivity contribution in [2.45, 2.75) is 13.3 Å². The Bertz CT molecular complexity index is 438. The number of aromatic nitrogens is 3. The van der Waals surface area contributed by atoms with Gasteiger partial charge in [-0.1, -0.05) is 0 Å². The van der Waals surface area contributed by atoms with Gasteiger partial charge in [0, 0.05) is 20.2 Å². The number of halogens is 1. The minimum absolute atomic E-state index is 0.0628. The van der Waals surface area contributed by atoms with Crippen molar-refractivity contribution in [3.63, 3.8) is 0 Å². The molecule has 1 rings (SSSR count). The molecular weight excluding hydrogens is 270 g/mol. The van der Waals surface area contributed by atoms with Crippen LogP contribution in [0.1, 0.15) is 13.3 Å². The van der Waals surface area contributed by atoms with Crippen molar-refractivity contribution in [1.82, 2.24) is 15.0 Å². The number of rotatable bonds is 8. The van der Waals surface area contributed by atoms with Gasteiger partial charge < -0.3 is 14.4 Å². The average molecular weight is 286 g/mol. The van der Waals surface area contributed by atoms with Gasteiger partial charge in [-0.25, -0.2) is 0 Å². The van der Waals surface area contributed by atoms with Crippen LogP contribution in [0.3, 0.4) is 0 Å². The number of hydrogen-bond donors (Lipinski definition) is 0. The molecule has 0 N–H and O–H groups in total. The highest BCUT2D eigenvalue weighted by Gasteiger charge is 2.13. The second-order valence-electron chi connectivity index (χ2n) is 3.51. The van der Waals surface area contributed by atoms with Gasteiger partial charge in [-0.2, -0.15) is 20.2 Å². The third-order valence-electron chi connectivity index (χ3n) is 2.19. The minimum atomic E-state index is 0.0628. The number of anilines is 1. The first-order valence-corrected chi connectivity index (χ1v) is 6.24. The average Bonchev–Trinajstić information content (AvgIpc) is 2.38. The van der Waals surface area contributed by atoms with E-state index in [9.17, 15) is 0 Å². The molecule has 19 heavy (non-hydrogen) atoms. The van der Waals surface area contributed by atoms with Crippen molar-refractivity contribution in [2.24, 2.45) is 0 Å². The van der Waals surface area contributed by atoms with Crippen molar-refractivity contribution in [3.8, 4) is 12.1 Å². The molecule has 1 heterocycles. The molecule has 8 heteroatoms. The first-order valence-electron chi connectivity index (χ1n) is 5.86. The van der Waals surface area contributed by atoms with Gasteiger partial charge in [-0.15, -0.1) is 0 Å². The van der Waals surface area contributed by atoms with Crippen LogP contribution in [0, 0.1) is 11.3 Å². The fourth-order valence-electron chi connectivity index (χ4n) is 1.36. The molecule has 0 aliphatic rings. The van der Waals surface area contributed by atoms with E-state index in [1.807, 2.05) is 11.8 Å². The molecule has 1 aromatic rings. The Kier molecular flexibility index (Phi) is 6.85. The lowest BCUT2D eigenvalue weighted by Gasteiger charge is -2.21. The predicted octanol–water partition coefficient (Wildman–Crippen LogP) is 1.29. The molecular formula is C11H16ClN5O2. The van der Waals surface area contributed by atoms with Gasteiger partial charge in [-0.3, -0.25) is 0 Å². The Hall–Kier alpha value is -1.65. The topological polar surface area (TPSA) is 84.2 Å². The molecule has 0 saturated heterocycles. The van der Waals surface area contributed by atoms with Gasteiger partial charge in [0.2, 0.25) is 11.2 Å². The van der Waals surface area contributed by atoms with E-state index < -0.39 is 0 Å². The summed E-state index contributed by atoms with van der Waals surface area (Å²) in [5.41, 5.74) is 0.